The molecule has 2 aliphatic heterocycles. The van der Waals surface area contributed by atoms with Crippen LogP contribution in [0.2, 0.25) is 0 Å². The van der Waals surface area contributed by atoms with Crippen molar-refractivity contribution in [1.29, 1.82) is 0 Å². The van der Waals surface area contributed by atoms with Crippen molar-refractivity contribution in [3.63, 3.8) is 0 Å². The number of rotatable bonds is 4. The summed E-state index contributed by atoms with van der Waals surface area (Å²) >= 11 is 1.48. The fraction of sp³-hybridized carbons (Fsp3) is 0.818. The van der Waals surface area contributed by atoms with Gasteiger partial charge >= 0.3 is 5.97 Å². The molecule has 0 aromatic rings. The normalized spacial score (nSPS) is 33.0. The molecule has 7 heteroatoms. The minimum Gasteiger partial charge on any atom is -0.463 e. The molecule has 0 radical (unpaired) electrons. The van der Waals surface area contributed by atoms with E-state index in [1.807, 2.05) is 0 Å². The summed E-state index contributed by atoms with van der Waals surface area (Å²) in [6, 6.07) is 0.224. The second-order valence-corrected chi connectivity index (χ2v) is 5.34. The Kier molecular flexibility index (Phi) is 4.82. The first kappa shape index (κ1) is 13.6. The maximum Gasteiger partial charge on any atom is 0.302 e. The molecular formula is C11H17FN2O3S. The first-order valence-corrected chi connectivity index (χ1v) is 6.89. The lowest BCUT2D eigenvalue weighted by molar-refractivity contribution is -0.147. The maximum absolute atomic E-state index is 12.0. The van der Waals surface area contributed by atoms with E-state index in [9.17, 15) is 9.18 Å². The van der Waals surface area contributed by atoms with Crippen LogP contribution in [0.4, 0.5) is 4.39 Å². The van der Waals surface area contributed by atoms with E-state index < -0.39 is 6.67 Å². The van der Waals surface area contributed by atoms with Crippen LogP contribution in [-0.4, -0.2) is 48.5 Å². The summed E-state index contributed by atoms with van der Waals surface area (Å²) in [7, 11) is 0. The van der Waals surface area contributed by atoms with Crippen molar-refractivity contribution in [3.05, 3.63) is 0 Å². The van der Waals surface area contributed by atoms with Gasteiger partial charge in [0, 0.05) is 6.92 Å². The highest BCUT2D eigenvalue weighted by Gasteiger charge is 2.38. The third-order valence-corrected chi connectivity index (χ3v) is 3.95. The minimum atomic E-state index is -0.447. The molecule has 2 aliphatic rings. The van der Waals surface area contributed by atoms with E-state index in [0.717, 1.165) is 18.0 Å². The number of nitrogens with one attached hydrogen (secondary N) is 1. The number of esters is 1. The summed E-state index contributed by atoms with van der Waals surface area (Å²) in [5.74, 6) is -0.289. The summed E-state index contributed by atoms with van der Waals surface area (Å²) in [4.78, 5) is 14.8. The number of carbonyl (C=O) groups is 1. The Morgan fingerprint density at radius 1 is 1.67 bits per heavy atom. The van der Waals surface area contributed by atoms with Crippen LogP contribution in [0, 0.1) is 0 Å². The Hall–Kier alpha value is -0.820. The highest BCUT2D eigenvalue weighted by molar-refractivity contribution is 8.14. The molecule has 102 valence electrons. The van der Waals surface area contributed by atoms with E-state index in [2.05, 4.69) is 10.3 Å². The van der Waals surface area contributed by atoms with Crippen molar-refractivity contribution >= 4 is 22.9 Å². The quantitative estimate of drug-likeness (QED) is 0.779. The van der Waals surface area contributed by atoms with E-state index in [1.165, 1.54) is 18.7 Å². The highest BCUT2D eigenvalue weighted by Crippen LogP contribution is 2.33. The van der Waals surface area contributed by atoms with Crippen molar-refractivity contribution in [2.45, 2.75) is 37.3 Å². The number of fused-ring (bicyclic) bond motifs is 1. The van der Waals surface area contributed by atoms with Crippen molar-refractivity contribution in [3.8, 4) is 0 Å². The van der Waals surface area contributed by atoms with Crippen LogP contribution in [-0.2, 0) is 14.3 Å². The second kappa shape index (κ2) is 6.38. The lowest BCUT2D eigenvalue weighted by atomic mass is 10.1. The molecule has 2 heterocycles. The maximum atomic E-state index is 12.0. The molecule has 2 unspecified atom stereocenters. The molecule has 2 rings (SSSR count). The third kappa shape index (κ3) is 3.58. The van der Waals surface area contributed by atoms with Gasteiger partial charge in [-0.15, -0.1) is 0 Å². The van der Waals surface area contributed by atoms with E-state index in [4.69, 9.17) is 9.47 Å². The molecule has 0 bridgehead atoms. The van der Waals surface area contributed by atoms with Crippen molar-refractivity contribution in [1.82, 2.24) is 5.32 Å². The summed E-state index contributed by atoms with van der Waals surface area (Å²) in [5, 5.41) is 3.97. The average Bonchev–Trinajstić information content (AvgIpc) is 2.75. The van der Waals surface area contributed by atoms with Gasteiger partial charge in [-0.1, -0.05) is 11.8 Å². The monoisotopic (exact) mass is 276 g/mol. The highest BCUT2D eigenvalue weighted by atomic mass is 32.2. The number of hydrogen-bond acceptors (Lipinski definition) is 5. The van der Waals surface area contributed by atoms with Gasteiger partial charge in [0.25, 0.3) is 0 Å². The molecule has 0 saturated carbocycles. The van der Waals surface area contributed by atoms with E-state index in [0.29, 0.717) is 6.61 Å². The molecule has 1 N–H and O–H groups in total. The van der Waals surface area contributed by atoms with Gasteiger partial charge in [-0.05, 0) is 12.8 Å². The largest absolute Gasteiger partial charge is 0.463 e. The van der Waals surface area contributed by atoms with Gasteiger partial charge in [0.15, 0.2) is 5.17 Å². The fourth-order valence-corrected chi connectivity index (χ4v) is 3.15. The molecule has 2 saturated heterocycles. The molecule has 0 aliphatic carbocycles. The van der Waals surface area contributed by atoms with Gasteiger partial charge in [-0.25, -0.2) is 4.39 Å². The molecular weight excluding hydrogens is 259 g/mol. The van der Waals surface area contributed by atoms with Crippen LogP contribution < -0.4 is 5.32 Å². The molecule has 5 nitrogen and oxygen atoms in total. The molecule has 0 aromatic carbocycles. The zero-order valence-electron chi connectivity index (χ0n) is 10.2. The van der Waals surface area contributed by atoms with Crippen molar-refractivity contribution < 1.29 is 18.7 Å². The summed E-state index contributed by atoms with van der Waals surface area (Å²) < 4.78 is 22.8. The third-order valence-electron chi connectivity index (χ3n) is 2.80. The lowest BCUT2D eigenvalue weighted by Gasteiger charge is -2.30. The number of carbonyl (C=O) groups excluding carboxylic acids is 1. The predicted octanol–water partition coefficient (Wildman–Crippen LogP) is 1.09. The lowest BCUT2D eigenvalue weighted by Crippen LogP contribution is -2.41. The van der Waals surface area contributed by atoms with E-state index in [-0.39, 0.29) is 30.1 Å². The second-order valence-electron chi connectivity index (χ2n) is 4.25. The van der Waals surface area contributed by atoms with Crippen molar-refractivity contribution in [2.24, 2.45) is 4.99 Å². The van der Waals surface area contributed by atoms with Gasteiger partial charge in [-0.2, -0.15) is 0 Å². The minimum absolute atomic E-state index is 0.0160. The van der Waals surface area contributed by atoms with Crippen LogP contribution in [0.3, 0.4) is 0 Å². The first-order valence-electron chi connectivity index (χ1n) is 6.01. The number of aliphatic imine (C=N–C) groups is 1. The first-order chi connectivity index (χ1) is 8.69. The Morgan fingerprint density at radius 3 is 3.22 bits per heavy atom. The SMILES string of the molecule is CC(=O)OC[C@H]1CCC2NC(=NCCF)SC2O1. The Bertz CT molecular complexity index is 340. The number of nitrogens with zero attached hydrogens (tertiary/aromatic N) is 1. The number of ether oxygens (including phenoxy) is 2. The molecule has 0 amide bonds. The molecule has 2 fully saturated rings. The Balaban J connectivity index is 1.81. The van der Waals surface area contributed by atoms with Gasteiger partial charge < -0.3 is 14.8 Å². The summed E-state index contributed by atoms with van der Waals surface area (Å²) in [5.41, 5.74) is -0.0160. The number of amidine groups is 1. The van der Waals surface area contributed by atoms with Gasteiger partial charge in [0.1, 0.15) is 18.7 Å². The summed E-state index contributed by atoms with van der Waals surface area (Å²) in [6.07, 6.45) is 1.74. The van der Waals surface area contributed by atoms with Crippen LogP contribution >= 0.6 is 11.8 Å². The van der Waals surface area contributed by atoms with Crippen LogP contribution in [0.15, 0.2) is 4.99 Å². The van der Waals surface area contributed by atoms with Gasteiger partial charge in [-0.3, -0.25) is 9.79 Å². The summed E-state index contributed by atoms with van der Waals surface area (Å²) in [6.45, 7) is 1.43. The standard InChI is InChI=1S/C11H17FN2O3S/c1-7(15)16-6-8-2-3-9-10(17-8)18-11(14-9)13-5-4-12/h8-10H,2-6H2,1H3,(H,13,14)/t8-,9?,10?/m1/s1. The number of halogens is 1. The van der Waals surface area contributed by atoms with Gasteiger partial charge in [0.2, 0.25) is 0 Å². The smallest absolute Gasteiger partial charge is 0.302 e. The number of alkyl halides is 1. The van der Waals surface area contributed by atoms with Crippen molar-refractivity contribution in [2.75, 3.05) is 19.8 Å². The predicted molar refractivity (Wildman–Crippen MR) is 67.3 cm³/mol. The average molecular weight is 276 g/mol. The van der Waals surface area contributed by atoms with Crippen LogP contribution in [0.1, 0.15) is 19.8 Å². The van der Waals surface area contributed by atoms with Crippen LogP contribution in [0.5, 0.6) is 0 Å². The van der Waals surface area contributed by atoms with Gasteiger partial charge in [0.05, 0.1) is 18.7 Å². The zero-order chi connectivity index (χ0) is 13.0. The van der Waals surface area contributed by atoms with E-state index in [1.54, 1.807) is 0 Å². The van der Waals surface area contributed by atoms with Crippen LogP contribution in [0.25, 0.3) is 0 Å². The molecule has 0 spiro atoms. The number of hydrogen-bond donors (Lipinski definition) is 1. The molecule has 18 heavy (non-hydrogen) atoms. The van der Waals surface area contributed by atoms with E-state index >= 15 is 0 Å². The molecule has 3 atom stereocenters. The zero-order valence-corrected chi connectivity index (χ0v) is 11.0. The Morgan fingerprint density at radius 2 is 2.50 bits per heavy atom. The topological polar surface area (TPSA) is 59.9 Å². The molecule has 0 aromatic heterocycles. The number of thioether (sulfide) groups is 1. The fourth-order valence-electron chi connectivity index (χ4n) is 1.97. The Labute approximate surface area is 109 Å².